The van der Waals surface area contributed by atoms with Crippen LogP contribution in [0.25, 0.3) is 0 Å². The number of hydrogen-bond donors (Lipinski definition) is 1. The summed E-state index contributed by atoms with van der Waals surface area (Å²) in [6.45, 7) is 6.75. The first-order valence-corrected chi connectivity index (χ1v) is 10.7. The standard InChI is InChI=1S/C16H20Br2N2O2S/c1-15(2)10-6-7-16(15,3)14(8-10)19-20-23(21,22)13-9-11(17)4-5-12(13)18/h4-5,9-10,20H,6-8H2,1-3H3/b19-14-. The van der Waals surface area contributed by atoms with Crippen molar-refractivity contribution in [3.8, 4) is 0 Å². The minimum Gasteiger partial charge on any atom is -0.200 e. The van der Waals surface area contributed by atoms with E-state index >= 15 is 0 Å². The number of halogens is 2. The quantitative estimate of drug-likeness (QED) is 0.660. The van der Waals surface area contributed by atoms with Gasteiger partial charge in [-0.3, -0.25) is 0 Å². The second-order valence-corrected chi connectivity index (χ2v) is 10.6. The number of rotatable bonds is 3. The fraction of sp³-hybridized carbons (Fsp3) is 0.562. The molecule has 7 heteroatoms. The average Bonchev–Trinajstić information content (AvgIpc) is 2.80. The van der Waals surface area contributed by atoms with Gasteiger partial charge in [0.25, 0.3) is 10.0 Å². The summed E-state index contributed by atoms with van der Waals surface area (Å²) in [7, 11) is -3.70. The van der Waals surface area contributed by atoms with Crippen LogP contribution in [0.1, 0.15) is 40.0 Å². The number of hydrazone groups is 1. The molecule has 1 aromatic rings. The molecule has 0 radical (unpaired) electrons. The summed E-state index contributed by atoms with van der Waals surface area (Å²) in [5, 5.41) is 4.33. The van der Waals surface area contributed by atoms with Crippen LogP contribution in [0.15, 0.2) is 37.1 Å². The molecule has 2 aliphatic rings. The van der Waals surface area contributed by atoms with Crippen molar-refractivity contribution in [1.82, 2.24) is 4.83 Å². The van der Waals surface area contributed by atoms with E-state index in [1.54, 1.807) is 18.2 Å². The van der Waals surface area contributed by atoms with E-state index < -0.39 is 10.0 Å². The summed E-state index contributed by atoms with van der Waals surface area (Å²) in [6.07, 6.45) is 3.16. The molecule has 1 aromatic carbocycles. The van der Waals surface area contributed by atoms with E-state index in [1.807, 2.05) is 0 Å². The van der Waals surface area contributed by atoms with Crippen molar-refractivity contribution in [2.75, 3.05) is 0 Å². The Morgan fingerprint density at radius 1 is 1.26 bits per heavy atom. The second kappa shape index (κ2) is 5.56. The van der Waals surface area contributed by atoms with Crippen LogP contribution in [-0.2, 0) is 10.0 Å². The van der Waals surface area contributed by atoms with Gasteiger partial charge in [-0.05, 0) is 64.7 Å². The molecule has 2 fully saturated rings. The van der Waals surface area contributed by atoms with Gasteiger partial charge in [0.05, 0.1) is 0 Å². The smallest absolute Gasteiger partial charge is 0.200 e. The first-order chi connectivity index (χ1) is 10.6. The summed E-state index contributed by atoms with van der Waals surface area (Å²) in [4.78, 5) is 2.63. The lowest BCUT2D eigenvalue weighted by molar-refractivity contribution is 0.193. The van der Waals surface area contributed by atoms with Crippen molar-refractivity contribution >= 4 is 47.6 Å². The van der Waals surface area contributed by atoms with Crippen LogP contribution in [0.2, 0.25) is 0 Å². The van der Waals surface area contributed by atoms with Gasteiger partial charge < -0.3 is 0 Å². The number of fused-ring (bicyclic) bond motifs is 2. The fourth-order valence-electron chi connectivity index (χ4n) is 3.95. The Bertz CT molecular complexity index is 789. The molecule has 0 saturated heterocycles. The van der Waals surface area contributed by atoms with Crippen molar-refractivity contribution < 1.29 is 8.42 Å². The van der Waals surface area contributed by atoms with Crippen LogP contribution in [0, 0.1) is 16.7 Å². The maximum absolute atomic E-state index is 12.6. The Hall–Kier alpha value is -0.400. The second-order valence-electron chi connectivity index (χ2n) is 7.22. The van der Waals surface area contributed by atoms with E-state index in [1.165, 1.54) is 6.42 Å². The minimum absolute atomic E-state index is 0.0192. The van der Waals surface area contributed by atoms with Crippen LogP contribution in [0.5, 0.6) is 0 Å². The highest BCUT2D eigenvalue weighted by Gasteiger charge is 2.60. The molecular weight excluding hydrogens is 444 g/mol. The lowest BCUT2D eigenvalue weighted by atomic mass is 9.70. The molecule has 3 rings (SSSR count). The molecule has 0 amide bonds. The van der Waals surface area contributed by atoms with Crippen LogP contribution in [0.4, 0.5) is 0 Å². The van der Waals surface area contributed by atoms with Gasteiger partial charge in [-0.1, -0.05) is 36.7 Å². The lowest BCUT2D eigenvalue weighted by Crippen LogP contribution is -2.34. The van der Waals surface area contributed by atoms with Gasteiger partial charge in [0.1, 0.15) is 4.90 Å². The molecular formula is C16H20Br2N2O2S. The summed E-state index contributed by atoms with van der Waals surface area (Å²) >= 11 is 6.60. The highest BCUT2D eigenvalue weighted by atomic mass is 79.9. The largest absolute Gasteiger partial charge is 0.277 e. The van der Waals surface area contributed by atoms with Crippen molar-refractivity contribution in [1.29, 1.82) is 0 Å². The van der Waals surface area contributed by atoms with E-state index in [0.29, 0.717) is 14.9 Å². The van der Waals surface area contributed by atoms with Gasteiger partial charge >= 0.3 is 0 Å². The Morgan fingerprint density at radius 3 is 2.52 bits per heavy atom. The highest BCUT2D eigenvalue weighted by molar-refractivity contribution is 9.11. The van der Waals surface area contributed by atoms with Crippen molar-refractivity contribution in [3.05, 3.63) is 27.1 Å². The lowest BCUT2D eigenvalue weighted by Gasteiger charge is -2.34. The summed E-state index contributed by atoms with van der Waals surface area (Å²) in [5.41, 5.74) is 1.14. The molecule has 0 spiro atoms. The number of benzene rings is 1. The molecule has 126 valence electrons. The summed E-state index contributed by atoms with van der Waals surface area (Å²) in [6, 6.07) is 5.06. The van der Waals surface area contributed by atoms with E-state index in [4.69, 9.17) is 0 Å². The van der Waals surface area contributed by atoms with Crippen molar-refractivity contribution in [2.45, 2.75) is 44.9 Å². The predicted molar refractivity (Wildman–Crippen MR) is 98.8 cm³/mol. The molecule has 23 heavy (non-hydrogen) atoms. The molecule has 4 nitrogen and oxygen atoms in total. The monoisotopic (exact) mass is 462 g/mol. The average molecular weight is 464 g/mol. The molecule has 2 saturated carbocycles. The van der Waals surface area contributed by atoms with E-state index in [2.05, 4.69) is 62.6 Å². The normalized spacial score (nSPS) is 30.8. The first-order valence-electron chi connectivity index (χ1n) is 7.62. The molecule has 0 aliphatic heterocycles. The molecule has 2 atom stereocenters. The molecule has 0 heterocycles. The van der Waals surface area contributed by atoms with Gasteiger partial charge in [0.2, 0.25) is 0 Å². The molecule has 2 bridgehead atoms. The Morgan fingerprint density at radius 2 is 1.96 bits per heavy atom. The van der Waals surface area contributed by atoms with E-state index in [-0.39, 0.29) is 15.7 Å². The molecule has 1 N–H and O–H groups in total. The van der Waals surface area contributed by atoms with Crippen LogP contribution < -0.4 is 4.83 Å². The molecule has 2 aliphatic carbocycles. The maximum Gasteiger partial charge on any atom is 0.277 e. The first kappa shape index (κ1) is 17.4. The molecule has 2 unspecified atom stereocenters. The van der Waals surface area contributed by atoms with E-state index in [9.17, 15) is 8.42 Å². The topological polar surface area (TPSA) is 58.5 Å². The summed E-state index contributed by atoms with van der Waals surface area (Å²) in [5.74, 6) is 0.591. The Labute approximate surface area is 154 Å². The number of sulfonamides is 1. The maximum atomic E-state index is 12.6. The predicted octanol–water partition coefficient (Wildman–Crippen LogP) is 4.69. The third kappa shape index (κ3) is 2.68. The zero-order chi connectivity index (χ0) is 17.0. The summed E-state index contributed by atoms with van der Waals surface area (Å²) < 4.78 is 26.4. The molecule has 0 aromatic heterocycles. The van der Waals surface area contributed by atoms with Gasteiger partial charge in [-0.25, -0.2) is 4.83 Å². The minimum atomic E-state index is -3.70. The Kier molecular flexibility index (Phi) is 4.21. The fourth-order valence-corrected chi connectivity index (χ4v) is 6.28. The van der Waals surface area contributed by atoms with Crippen LogP contribution >= 0.6 is 31.9 Å². The third-order valence-electron chi connectivity index (χ3n) is 6.00. The zero-order valence-corrected chi connectivity index (χ0v) is 17.3. The van der Waals surface area contributed by atoms with Gasteiger partial charge in [-0.2, -0.15) is 13.5 Å². The highest BCUT2D eigenvalue weighted by Crippen LogP contribution is 2.63. The Balaban J connectivity index is 1.90. The van der Waals surface area contributed by atoms with Crippen molar-refractivity contribution in [2.24, 2.45) is 21.8 Å². The van der Waals surface area contributed by atoms with Gasteiger partial charge in [-0.15, -0.1) is 0 Å². The van der Waals surface area contributed by atoms with Gasteiger partial charge in [0.15, 0.2) is 0 Å². The van der Waals surface area contributed by atoms with Crippen molar-refractivity contribution in [3.63, 3.8) is 0 Å². The van der Waals surface area contributed by atoms with Crippen LogP contribution in [-0.4, -0.2) is 14.1 Å². The number of nitrogens with one attached hydrogen (secondary N) is 1. The van der Waals surface area contributed by atoms with E-state index in [0.717, 1.165) is 18.6 Å². The van der Waals surface area contributed by atoms with Gasteiger partial charge in [0, 0.05) is 20.1 Å². The number of hydrogen-bond acceptors (Lipinski definition) is 3. The SMILES string of the molecule is CC12CCC(C/C1=N/NS(=O)(=O)c1cc(Br)ccc1Br)C2(C)C. The number of nitrogens with zero attached hydrogens (tertiary/aromatic N) is 1. The third-order valence-corrected chi connectivity index (χ3v) is 8.69. The van der Waals surface area contributed by atoms with Crippen LogP contribution in [0.3, 0.4) is 0 Å². The zero-order valence-electron chi connectivity index (χ0n) is 13.4.